The van der Waals surface area contributed by atoms with Crippen LogP contribution in [0, 0.1) is 5.41 Å². The van der Waals surface area contributed by atoms with E-state index in [2.05, 4.69) is 21.2 Å². The maximum Gasteiger partial charge on any atom is 0.228 e. The molecule has 1 aliphatic heterocycles. The molecule has 1 amide bonds. The molecule has 0 fully saturated rings. The average Bonchev–Trinajstić information content (AvgIpc) is 2.54. The summed E-state index contributed by atoms with van der Waals surface area (Å²) in [5, 5.41) is 13.2. The molecule has 2 rings (SSSR count). The first-order valence-electron chi connectivity index (χ1n) is 5.59. The van der Waals surface area contributed by atoms with E-state index < -0.39 is 6.10 Å². The predicted octanol–water partition coefficient (Wildman–Crippen LogP) is 3.02. The van der Waals surface area contributed by atoms with E-state index in [1.165, 1.54) is 0 Å². The highest BCUT2D eigenvalue weighted by Crippen LogP contribution is 2.41. The highest BCUT2D eigenvalue weighted by atomic mass is 79.9. The molecule has 0 saturated heterocycles. The highest BCUT2D eigenvalue weighted by Gasteiger charge is 2.30. The van der Waals surface area contributed by atoms with Crippen LogP contribution in [0.3, 0.4) is 0 Å². The van der Waals surface area contributed by atoms with Crippen LogP contribution >= 0.6 is 15.9 Å². The zero-order chi connectivity index (χ0) is 12.8. The van der Waals surface area contributed by atoms with Crippen molar-refractivity contribution in [2.75, 3.05) is 5.32 Å². The molecule has 0 saturated carbocycles. The van der Waals surface area contributed by atoms with Crippen LogP contribution in [0.15, 0.2) is 16.6 Å². The third kappa shape index (κ3) is 2.38. The van der Waals surface area contributed by atoms with Crippen molar-refractivity contribution in [1.29, 1.82) is 0 Å². The maximum absolute atomic E-state index is 11.4. The summed E-state index contributed by atoms with van der Waals surface area (Å²) in [7, 11) is 0. The molecule has 0 aliphatic carbocycles. The Hall–Kier alpha value is -0.870. The second kappa shape index (κ2) is 4.10. The van der Waals surface area contributed by atoms with Gasteiger partial charge in [-0.25, -0.2) is 0 Å². The van der Waals surface area contributed by atoms with Crippen LogP contribution in [0.4, 0.5) is 5.69 Å². The minimum atomic E-state index is -0.604. The van der Waals surface area contributed by atoms with E-state index in [-0.39, 0.29) is 11.3 Å². The number of amides is 1. The molecule has 1 aromatic carbocycles. The molecule has 1 aliphatic rings. The van der Waals surface area contributed by atoms with Crippen LogP contribution in [0.1, 0.15) is 38.0 Å². The number of aliphatic hydroxyl groups excluding tert-OH is 1. The van der Waals surface area contributed by atoms with Gasteiger partial charge in [-0.15, -0.1) is 0 Å². The standard InChI is InChI=1S/C13H16BrNO2/c1-13(2,3)12(17)9-6-8(14)4-7-5-10(16)15-11(7)9/h4,6,12,17H,5H2,1-3H3,(H,15,16). The topological polar surface area (TPSA) is 49.3 Å². The number of anilines is 1. The average molecular weight is 298 g/mol. The fourth-order valence-electron chi connectivity index (χ4n) is 2.02. The lowest BCUT2D eigenvalue weighted by molar-refractivity contribution is -0.115. The molecule has 1 atom stereocenters. The normalized spacial score (nSPS) is 16.6. The molecule has 1 heterocycles. The molecule has 0 bridgehead atoms. The fourth-order valence-corrected chi connectivity index (χ4v) is 2.54. The van der Waals surface area contributed by atoms with Gasteiger partial charge in [-0.1, -0.05) is 36.7 Å². The van der Waals surface area contributed by atoms with Gasteiger partial charge in [0.15, 0.2) is 0 Å². The zero-order valence-corrected chi connectivity index (χ0v) is 11.8. The maximum atomic E-state index is 11.4. The number of hydrogen-bond acceptors (Lipinski definition) is 2. The number of fused-ring (bicyclic) bond motifs is 1. The molecule has 17 heavy (non-hydrogen) atoms. The molecule has 3 nitrogen and oxygen atoms in total. The Labute approximate surface area is 109 Å². The Morgan fingerprint density at radius 2 is 2.06 bits per heavy atom. The molecule has 92 valence electrons. The number of rotatable bonds is 1. The molecular weight excluding hydrogens is 282 g/mol. The lowest BCUT2D eigenvalue weighted by Crippen LogP contribution is -2.19. The molecule has 4 heteroatoms. The Morgan fingerprint density at radius 3 is 2.65 bits per heavy atom. The van der Waals surface area contributed by atoms with Crippen LogP contribution in [0.5, 0.6) is 0 Å². The minimum Gasteiger partial charge on any atom is -0.388 e. The smallest absolute Gasteiger partial charge is 0.228 e. The summed E-state index contributed by atoms with van der Waals surface area (Å²) in [5.41, 5.74) is 2.25. The Balaban J connectivity index is 2.52. The summed E-state index contributed by atoms with van der Waals surface area (Å²) in [6.07, 6.45) is -0.217. The van der Waals surface area contributed by atoms with Gasteiger partial charge >= 0.3 is 0 Å². The monoisotopic (exact) mass is 297 g/mol. The first-order valence-corrected chi connectivity index (χ1v) is 6.38. The van der Waals surface area contributed by atoms with E-state index in [1.807, 2.05) is 32.9 Å². The van der Waals surface area contributed by atoms with Gasteiger partial charge in [0.25, 0.3) is 0 Å². The second-order valence-electron chi connectivity index (χ2n) is 5.52. The SMILES string of the molecule is CC(C)(C)C(O)c1cc(Br)cc2c1NC(=O)C2. The predicted molar refractivity (Wildman–Crippen MR) is 70.9 cm³/mol. The van der Waals surface area contributed by atoms with Crippen molar-refractivity contribution in [3.63, 3.8) is 0 Å². The number of carbonyl (C=O) groups is 1. The van der Waals surface area contributed by atoms with Gasteiger partial charge in [-0.05, 0) is 23.1 Å². The molecule has 2 N–H and O–H groups in total. The summed E-state index contributed by atoms with van der Waals surface area (Å²) < 4.78 is 0.894. The molecule has 0 radical (unpaired) electrons. The fraction of sp³-hybridized carbons (Fsp3) is 0.462. The number of hydrogen-bond donors (Lipinski definition) is 2. The molecule has 1 aromatic rings. The van der Waals surface area contributed by atoms with E-state index in [9.17, 15) is 9.90 Å². The molecule has 1 unspecified atom stereocenters. The minimum absolute atomic E-state index is 0.0135. The largest absolute Gasteiger partial charge is 0.388 e. The number of benzene rings is 1. The van der Waals surface area contributed by atoms with Gasteiger partial charge in [0.2, 0.25) is 5.91 Å². The zero-order valence-electron chi connectivity index (χ0n) is 10.2. The van der Waals surface area contributed by atoms with Crippen molar-refractivity contribution in [2.45, 2.75) is 33.3 Å². The number of carbonyl (C=O) groups excluding carboxylic acids is 1. The van der Waals surface area contributed by atoms with Crippen LogP contribution in [0.2, 0.25) is 0 Å². The quantitative estimate of drug-likeness (QED) is 0.837. The van der Waals surface area contributed by atoms with Crippen LogP contribution in [-0.4, -0.2) is 11.0 Å². The van der Waals surface area contributed by atoms with Crippen molar-refractivity contribution in [1.82, 2.24) is 0 Å². The van der Waals surface area contributed by atoms with Gasteiger partial charge in [-0.3, -0.25) is 4.79 Å². The van der Waals surface area contributed by atoms with Crippen LogP contribution in [0.25, 0.3) is 0 Å². The van der Waals surface area contributed by atoms with Gasteiger partial charge in [0, 0.05) is 10.0 Å². The number of aliphatic hydroxyl groups is 1. The Morgan fingerprint density at radius 1 is 1.41 bits per heavy atom. The lowest BCUT2D eigenvalue weighted by Gasteiger charge is -2.27. The first kappa shape index (κ1) is 12.6. The molecule has 0 spiro atoms. The van der Waals surface area contributed by atoms with Crippen LogP contribution < -0.4 is 5.32 Å². The summed E-state index contributed by atoms with van der Waals surface area (Å²) in [4.78, 5) is 11.4. The van der Waals surface area contributed by atoms with E-state index in [4.69, 9.17) is 0 Å². The van der Waals surface area contributed by atoms with E-state index in [1.54, 1.807) is 0 Å². The number of nitrogens with one attached hydrogen (secondary N) is 1. The second-order valence-corrected chi connectivity index (χ2v) is 6.44. The Bertz CT molecular complexity index is 477. The third-order valence-corrected chi connectivity index (χ3v) is 3.40. The van der Waals surface area contributed by atoms with E-state index >= 15 is 0 Å². The van der Waals surface area contributed by atoms with Gasteiger partial charge < -0.3 is 10.4 Å². The van der Waals surface area contributed by atoms with Crippen molar-refractivity contribution in [2.24, 2.45) is 5.41 Å². The molecular formula is C13H16BrNO2. The van der Waals surface area contributed by atoms with Crippen molar-refractivity contribution < 1.29 is 9.90 Å². The van der Waals surface area contributed by atoms with Crippen LogP contribution in [-0.2, 0) is 11.2 Å². The van der Waals surface area contributed by atoms with Gasteiger partial charge in [-0.2, -0.15) is 0 Å². The third-order valence-electron chi connectivity index (χ3n) is 2.95. The Kier molecular flexibility index (Phi) is 3.04. The summed E-state index contributed by atoms with van der Waals surface area (Å²) in [6.45, 7) is 5.92. The van der Waals surface area contributed by atoms with E-state index in [0.29, 0.717) is 6.42 Å². The van der Waals surface area contributed by atoms with E-state index in [0.717, 1.165) is 21.3 Å². The van der Waals surface area contributed by atoms with Crippen molar-refractivity contribution in [3.05, 3.63) is 27.7 Å². The van der Waals surface area contributed by atoms with Gasteiger partial charge in [0.05, 0.1) is 18.2 Å². The van der Waals surface area contributed by atoms with Gasteiger partial charge in [0.1, 0.15) is 0 Å². The summed E-state index contributed by atoms with van der Waals surface area (Å²) in [6, 6.07) is 3.80. The summed E-state index contributed by atoms with van der Waals surface area (Å²) >= 11 is 3.42. The lowest BCUT2D eigenvalue weighted by atomic mass is 9.83. The highest BCUT2D eigenvalue weighted by molar-refractivity contribution is 9.10. The first-order chi connectivity index (χ1) is 7.79. The number of halogens is 1. The van der Waals surface area contributed by atoms with Crippen molar-refractivity contribution in [3.8, 4) is 0 Å². The summed E-state index contributed by atoms with van der Waals surface area (Å²) in [5.74, 6) is -0.0135. The van der Waals surface area contributed by atoms with Crippen molar-refractivity contribution >= 4 is 27.5 Å². The molecule has 0 aromatic heterocycles.